The monoisotopic (exact) mass is 488 g/mol. The second-order valence-electron chi connectivity index (χ2n) is 10.4. The van der Waals surface area contributed by atoms with E-state index in [0.717, 1.165) is 24.5 Å². The summed E-state index contributed by atoms with van der Waals surface area (Å²) >= 11 is 0. The summed E-state index contributed by atoms with van der Waals surface area (Å²) in [5.74, 6) is 0.462. The molecular weight excluding hydrogens is 452 g/mol. The van der Waals surface area contributed by atoms with Gasteiger partial charge in [0, 0.05) is 51.9 Å². The van der Waals surface area contributed by atoms with Gasteiger partial charge < -0.3 is 19.8 Å². The Morgan fingerprint density at radius 1 is 0.806 bits per heavy atom. The zero-order valence-electron chi connectivity index (χ0n) is 20.8. The molecule has 3 aliphatic rings. The van der Waals surface area contributed by atoms with Gasteiger partial charge in [0.05, 0.1) is 17.4 Å². The fourth-order valence-corrected chi connectivity index (χ4v) is 5.82. The van der Waals surface area contributed by atoms with E-state index in [9.17, 15) is 14.7 Å². The minimum absolute atomic E-state index is 0.0617. The normalized spacial score (nSPS) is 24.0. The van der Waals surface area contributed by atoms with Crippen molar-refractivity contribution in [2.24, 2.45) is 11.8 Å². The molecule has 0 radical (unpaired) electrons. The zero-order valence-corrected chi connectivity index (χ0v) is 20.8. The molecule has 3 heterocycles. The molecule has 2 atom stereocenters. The quantitative estimate of drug-likeness (QED) is 0.655. The Hall–Kier alpha value is -3.19. The lowest BCUT2D eigenvalue weighted by Gasteiger charge is -2.42. The average molecular weight is 489 g/mol. The Bertz CT molecular complexity index is 1060. The summed E-state index contributed by atoms with van der Waals surface area (Å²) in [6.45, 7) is 3.85. The van der Waals surface area contributed by atoms with Crippen molar-refractivity contribution in [1.82, 2.24) is 14.8 Å². The Morgan fingerprint density at radius 2 is 1.39 bits per heavy atom. The van der Waals surface area contributed by atoms with Crippen LogP contribution in [0.3, 0.4) is 0 Å². The molecule has 1 aromatic carbocycles. The topological polar surface area (TPSA) is 77.0 Å². The van der Waals surface area contributed by atoms with Crippen LogP contribution in [0.5, 0.6) is 0 Å². The smallest absolute Gasteiger partial charge is 0.226 e. The molecular formula is C29H36N4O3. The highest BCUT2D eigenvalue weighted by atomic mass is 16.3. The molecule has 5 rings (SSSR count). The van der Waals surface area contributed by atoms with Gasteiger partial charge in [-0.25, -0.2) is 4.98 Å². The van der Waals surface area contributed by atoms with E-state index >= 15 is 0 Å². The fourth-order valence-electron chi connectivity index (χ4n) is 5.82. The van der Waals surface area contributed by atoms with Gasteiger partial charge >= 0.3 is 0 Å². The van der Waals surface area contributed by atoms with Crippen LogP contribution in [-0.2, 0) is 16.0 Å². The van der Waals surface area contributed by atoms with E-state index in [1.165, 1.54) is 0 Å². The summed E-state index contributed by atoms with van der Waals surface area (Å²) < 4.78 is 0. The van der Waals surface area contributed by atoms with E-state index in [1.807, 2.05) is 70.5 Å². The highest BCUT2D eigenvalue weighted by molar-refractivity contribution is 5.88. The maximum absolute atomic E-state index is 13.6. The molecule has 2 aliphatic heterocycles. The maximum Gasteiger partial charge on any atom is 0.226 e. The van der Waals surface area contributed by atoms with Gasteiger partial charge in [-0.05, 0) is 43.4 Å². The van der Waals surface area contributed by atoms with Crippen molar-refractivity contribution in [1.29, 1.82) is 0 Å². The molecule has 7 heteroatoms. The number of nitrogens with zero attached hydrogens (tertiary/aromatic N) is 4. The third-order valence-electron chi connectivity index (χ3n) is 8.01. The van der Waals surface area contributed by atoms with Crippen LogP contribution in [0.25, 0.3) is 0 Å². The summed E-state index contributed by atoms with van der Waals surface area (Å²) in [7, 11) is 0. The number of rotatable bonds is 5. The summed E-state index contributed by atoms with van der Waals surface area (Å²) in [5, 5.41) is 11.1. The average Bonchev–Trinajstić information content (AvgIpc) is 2.94. The van der Waals surface area contributed by atoms with E-state index in [-0.39, 0.29) is 23.7 Å². The first-order valence-corrected chi connectivity index (χ1v) is 13.2. The number of carbonyl (C=O) groups is 2. The Morgan fingerprint density at radius 3 is 1.97 bits per heavy atom. The molecule has 2 fully saturated rings. The lowest BCUT2D eigenvalue weighted by atomic mass is 9.79. The standard InChI is InChI=1S/C29H36N4O3/c34-27(32-16-13-29(36,14-17-32)22-23-8-2-1-3-9-23)24-10-4-5-11-25(24)28(35)33-20-18-31(19-21-33)26-12-6-7-15-30-26/h1-9,12,15,24-25,36H,10-11,13-14,16-22H2. The number of anilines is 1. The number of allylic oxidation sites excluding steroid dienone is 2. The summed E-state index contributed by atoms with van der Waals surface area (Å²) in [4.78, 5) is 37.6. The fraction of sp³-hybridized carbons (Fsp3) is 0.483. The number of piperazine rings is 1. The van der Waals surface area contributed by atoms with E-state index < -0.39 is 5.60 Å². The SMILES string of the molecule is O=C(C1CC=CCC1C(=O)N1CCC(O)(Cc2ccccc2)CC1)N1CCN(c2ccccn2)CC1. The molecule has 0 saturated carbocycles. The largest absolute Gasteiger partial charge is 0.389 e. The number of piperidine rings is 1. The lowest BCUT2D eigenvalue weighted by Crippen LogP contribution is -2.54. The number of aliphatic hydroxyl groups is 1. The van der Waals surface area contributed by atoms with Crippen molar-refractivity contribution in [2.75, 3.05) is 44.2 Å². The minimum atomic E-state index is -0.785. The molecule has 7 nitrogen and oxygen atoms in total. The maximum atomic E-state index is 13.6. The Labute approximate surface area is 213 Å². The number of carbonyl (C=O) groups excluding carboxylic acids is 2. The molecule has 2 amide bonds. The van der Waals surface area contributed by atoms with Crippen LogP contribution in [0.4, 0.5) is 5.82 Å². The van der Waals surface area contributed by atoms with Crippen molar-refractivity contribution in [3.8, 4) is 0 Å². The second kappa shape index (κ2) is 10.8. The number of hydrogen-bond acceptors (Lipinski definition) is 5. The number of amides is 2. The number of hydrogen-bond donors (Lipinski definition) is 1. The molecule has 0 spiro atoms. The van der Waals surface area contributed by atoms with Crippen LogP contribution in [-0.4, -0.2) is 76.6 Å². The molecule has 2 aromatic rings. The molecule has 1 aliphatic carbocycles. The van der Waals surface area contributed by atoms with Crippen LogP contribution in [0.1, 0.15) is 31.2 Å². The number of likely N-dealkylation sites (tertiary alicyclic amines) is 1. The van der Waals surface area contributed by atoms with Crippen LogP contribution in [0.2, 0.25) is 0 Å². The van der Waals surface area contributed by atoms with Gasteiger partial charge in [-0.2, -0.15) is 0 Å². The van der Waals surface area contributed by atoms with Crippen molar-refractivity contribution in [3.63, 3.8) is 0 Å². The third kappa shape index (κ3) is 5.46. The zero-order chi connectivity index (χ0) is 25.0. The van der Waals surface area contributed by atoms with Gasteiger partial charge in [-0.15, -0.1) is 0 Å². The molecule has 1 N–H and O–H groups in total. The molecule has 1 aromatic heterocycles. The highest BCUT2D eigenvalue weighted by Gasteiger charge is 2.41. The second-order valence-corrected chi connectivity index (χ2v) is 10.4. The van der Waals surface area contributed by atoms with Gasteiger partial charge in [0.1, 0.15) is 5.82 Å². The van der Waals surface area contributed by atoms with Crippen LogP contribution in [0, 0.1) is 11.8 Å². The van der Waals surface area contributed by atoms with Crippen molar-refractivity contribution >= 4 is 17.6 Å². The van der Waals surface area contributed by atoms with Crippen LogP contribution in [0.15, 0.2) is 66.9 Å². The van der Waals surface area contributed by atoms with Crippen LogP contribution < -0.4 is 4.90 Å². The van der Waals surface area contributed by atoms with Gasteiger partial charge in [0.25, 0.3) is 0 Å². The van der Waals surface area contributed by atoms with E-state index in [2.05, 4.69) is 9.88 Å². The predicted molar refractivity (Wildman–Crippen MR) is 139 cm³/mol. The predicted octanol–water partition coefficient (Wildman–Crippen LogP) is 2.91. The minimum Gasteiger partial charge on any atom is -0.389 e. The molecule has 0 bridgehead atoms. The number of pyridine rings is 1. The van der Waals surface area contributed by atoms with E-state index in [1.54, 1.807) is 6.20 Å². The van der Waals surface area contributed by atoms with Gasteiger partial charge in [-0.1, -0.05) is 48.6 Å². The lowest BCUT2D eigenvalue weighted by molar-refractivity contribution is -0.149. The number of benzene rings is 1. The molecule has 190 valence electrons. The highest BCUT2D eigenvalue weighted by Crippen LogP contribution is 2.33. The van der Waals surface area contributed by atoms with Gasteiger partial charge in [-0.3, -0.25) is 9.59 Å². The van der Waals surface area contributed by atoms with Crippen LogP contribution >= 0.6 is 0 Å². The van der Waals surface area contributed by atoms with Crippen molar-refractivity contribution in [2.45, 2.75) is 37.7 Å². The third-order valence-corrected chi connectivity index (χ3v) is 8.01. The molecule has 2 unspecified atom stereocenters. The number of aromatic nitrogens is 1. The van der Waals surface area contributed by atoms with Gasteiger partial charge in [0.15, 0.2) is 0 Å². The molecule has 36 heavy (non-hydrogen) atoms. The Balaban J connectivity index is 1.17. The first-order valence-electron chi connectivity index (χ1n) is 13.2. The van der Waals surface area contributed by atoms with Gasteiger partial charge in [0.2, 0.25) is 11.8 Å². The van der Waals surface area contributed by atoms with Crippen molar-refractivity contribution < 1.29 is 14.7 Å². The Kier molecular flexibility index (Phi) is 7.37. The van der Waals surface area contributed by atoms with Crippen molar-refractivity contribution in [3.05, 3.63) is 72.4 Å². The summed E-state index contributed by atoms with van der Waals surface area (Å²) in [6.07, 6.45) is 8.82. The van der Waals surface area contributed by atoms with E-state index in [0.29, 0.717) is 58.3 Å². The first kappa shape index (κ1) is 24.5. The van der Waals surface area contributed by atoms with E-state index in [4.69, 9.17) is 0 Å². The summed E-state index contributed by atoms with van der Waals surface area (Å²) in [5.41, 5.74) is 0.332. The summed E-state index contributed by atoms with van der Waals surface area (Å²) in [6, 6.07) is 15.9. The first-order chi connectivity index (χ1) is 17.5. The molecule has 2 saturated heterocycles.